The van der Waals surface area contributed by atoms with Crippen LogP contribution in [-0.4, -0.2) is 70.9 Å². The summed E-state index contributed by atoms with van der Waals surface area (Å²) >= 11 is 1.32. The molecule has 44 heavy (non-hydrogen) atoms. The van der Waals surface area contributed by atoms with Crippen molar-refractivity contribution in [2.75, 3.05) is 33.4 Å². The third-order valence-corrected chi connectivity index (χ3v) is 8.60. The van der Waals surface area contributed by atoms with Gasteiger partial charge in [0.05, 0.1) is 29.6 Å². The quantitative estimate of drug-likeness (QED) is 0.177. The van der Waals surface area contributed by atoms with Crippen LogP contribution >= 0.6 is 11.3 Å². The van der Waals surface area contributed by atoms with Crippen LogP contribution in [0.15, 0.2) is 60.6 Å². The Kier molecular flexibility index (Phi) is 8.11. The van der Waals surface area contributed by atoms with Crippen LogP contribution in [0.4, 0.5) is 8.78 Å². The van der Waals surface area contributed by atoms with Gasteiger partial charge >= 0.3 is 0 Å². The highest BCUT2D eigenvalue weighted by atomic mass is 32.1. The number of nitrogens with one attached hydrogen (secondary N) is 1. The summed E-state index contributed by atoms with van der Waals surface area (Å²) in [4.78, 5) is 32.7. The molecule has 0 spiro atoms. The topological polar surface area (TPSA) is 98.6 Å². The largest absolute Gasteiger partial charge is 0.490 e. The fourth-order valence-corrected chi connectivity index (χ4v) is 6.50. The molecule has 2 amide bonds. The maximum atomic E-state index is 15.8. The standard InChI is InChI=1S/C32H29F2N5O4S/c1-4-26(40)39-9-7-21(17-39)36-32(41)30-28(27-23(34)14-20(33)15-25(27)43-11-10-42-3)31-22(8-12-44-31)29(37-30)18-5-6-24-19(13-18)16-35-38(24)2/h4-6,8,12-16,21H,1,7,9-11,17H2,2-3H3,(H,36,41)/t21-/m1/s1. The molecule has 1 fully saturated rings. The number of thiophene rings is 1. The number of benzene rings is 2. The second-order valence-electron chi connectivity index (χ2n) is 10.4. The molecule has 1 aliphatic heterocycles. The van der Waals surface area contributed by atoms with Gasteiger partial charge in [-0.05, 0) is 36.1 Å². The highest BCUT2D eigenvalue weighted by Gasteiger charge is 2.31. The van der Waals surface area contributed by atoms with Crippen LogP contribution in [0.25, 0.3) is 43.4 Å². The predicted octanol–water partition coefficient (Wildman–Crippen LogP) is 5.34. The summed E-state index contributed by atoms with van der Waals surface area (Å²) in [6.45, 7) is 4.52. The molecule has 2 aromatic carbocycles. The van der Waals surface area contributed by atoms with E-state index in [9.17, 15) is 14.0 Å². The predicted molar refractivity (Wildman–Crippen MR) is 165 cm³/mol. The van der Waals surface area contributed by atoms with E-state index in [0.717, 1.165) is 28.6 Å². The molecule has 226 valence electrons. The molecule has 1 aliphatic rings. The van der Waals surface area contributed by atoms with Crippen molar-refractivity contribution in [1.82, 2.24) is 25.0 Å². The van der Waals surface area contributed by atoms with E-state index in [0.29, 0.717) is 35.3 Å². The van der Waals surface area contributed by atoms with Crippen LogP contribution in [0, 0.1) is 11.6 Å². The summed E-state index contributed by atoms with van der Waals surface area (Å²) < 4.78 is 43.5. The van der Waals surface area contributed by atoms with E-state index in [1.807, 2.05) is 36.7 Å². The Morgan fingerprint density at radius 1 is 1.18 bits per heavy atom. The van der Waals surface area contributed by atoms with Crippen molar-refractivity contribution < 1.29 is 27.8 Å². The van der Waals surface area contributed by atoms with E-state index in [2.05, 4.69) is 17.0 Å². The zero-order valence-electron chi connectivity index (χ0n) is 24.1. The molecular formula is C32H29F2N5O4S. The lowest BCUT2D eigenvalue weighted by Crippen LogP contribution is -2.38. The van der Waals surface area contributed by atoms with Gasteiger partial charge < -0.3 is 19.7 Å². The molecule has 1 N–H and O–H groups in total. The number of aromatic nitrogens is 3. The van der Waals surface area contributed by atoms with E-state index in [4.69, 9.17) is 14.5 Å². The molecular weight excluding hydrogens is 588 g/mol. The molecule has 0 bridgehead atoms. The molecule has 1 saturated heterocycles. The minimum Gasteiger partial charge on any atom is -0.490 e. The molecule has 0 unspecified atom stereocenters. The van der Waals surface area contributed by atoms with E-state index < -0.39 is 17.5 Å². The fourth-order valence-electron chi connectivity index (χ4n) is 5.55. The van der Waals surface area contributed by atoms with Gasteiger partial charge in [0.1, 0.15) is 29.7 Å². The van der Waals surface area contributed by atoms with E-state index in [1.165, 1.54) is 24.5 Å². The van der Waals surface area contributed by atoms with Crippen molar-refractivity contribution in [3.05, 3.63) is 78.0 Å². The SMILES string of the molecule is C=CC(=O)N1CC[C@@H](NC(=O)c2nc(-c3ccc4c(cnn4C)c3)c3ccsc3c2-c2c(F)cc(F)cc2OCCOC)C1. The number of aryl methyl sites for hydroxylation is 1. The van der Waals surface area contributed by atoms with E-state index >= 15 is 4.39 Å². The number of carbonyl (C=O) groups excluding carboxylic acids is 2. The van der Waals surface area contributed by atoms with Gasteiger partial charge in [-0.15, -0.1) is 11.3 Å². The first-order chi connectivity index (χ1) is 21.3. The summed E-state index contributed by atoms with van der Waals surface area (Å²) in [5, 5.41) is 10.7. The van der Waals surface area contributed by atoms with Crippen molar-refractivity contribution in [2.45, 2.75) is 12.5 Å². The van der Waals surface area contributed by atoms with Gasteiger partial charge in [0.15, 0.2) is 0 Å². The number of amides is 2. The highest BCUT2D eigenvalue weighted by molar-refractivity contribution is 7.18. The molecule has 12 heteroatoms. The number of ether oxygens (including phenoxy) is 2. The van der Waals surface area contributed by atoms with Gasteiger partial charge in [-0.3, -0.25) is 14.3 Å². The number of likely N-dealkylation sites (tertiary alicyclic amines) is 1. The molecule has 1 atom stereocenters. The molecule has 6 rings (SSSR count). The Morgan fingerprint density at radius 2 is 2.02 bits per heavy atom. The van der Waals surface area contributed by atoms with Crippen LogP contribution in [0.3, 0.4) is 0 Å². The minimum atomic E-state index is -0.892. The van der Waals surface area contributed by atoms with Gasteiger partial charge in [0.25, 0.3) is 5.91 Å². The zero-order valence-corrected chi connectivity index (χ0v) is 24.9. The monoisotopic (exact) mass is 617 g/mol. The first-order valence-electron chi connectivity index (χ1n) is 14.0. The van der Waals surface area contributed by atoms with Crippen molar-refractivity contribution in [2.24, 2.45) is 7.05 Å². The van der Waals surface area contributed by atoms with Gasteiger partial charge in [0.2, 0.25) is 5.91 Å². The van der Waals surface area contributed by atoms with Crippen molar-refractivity contribution in [3.63, 3.8) is 0 Å². The number of rotatable bonds is 9. The zero-order chi connectivity index (χ0) is 31.0. The number of hydrogen-bond acceptors (Lipinski definition) is 7. The Morgan fingerprint density at radius 3 is 2.82 bits per heavy atom. The van der Waals surface area contributed by atoms with Gasteiger partial charge in [-0.2, -0.15) is 5.10 Å². The second kappa shape index (κ2) is 12.1. The molecule has 9 nitrogen and oxygen atoms in total. The molecule has 5 aromatic rings. The summed E-state index contributed by atoms with van der Waals surface area (Å²) in [5.41, 5.74) is 2.28. The number of methoxy groups -OCH3 is 1. The fraction of sp³-hybridized carbons (Fsp3) is 0.250. The van der Waals surface area contributed by atoms with E-state index in [1.54, 1.807) is 15.8 Å². The van der Waals surface area contributed by atoms with Crippen LogP contribution in [0.1, 0.15) is 16.9 Å². The maximum absolute atomic E-state index is 15.8. The lowest BCUT2D eigenvalue weighted by molar-refractivity contribution is -0.125. The smallest absolute Gasteiger partial charge is 0.270 e. The van der Waals surface area contributed by atoms with Crippen molar-refractivity contribution in [3.8, 4) is 28.1 Å². The first-order valence-corrected chi connectivity index (χ1v) is 14.8. The number of pyridine rings is 1. The van der Waals surface area contributed by atoms with Crippen LogP contribution in [0.2, 0.25) is 0 Å². The lowest BCUT2D eigenvalue weighted by Gasteiger charge is -2.19. The van der Waals surface area contributed by atoms with Gasteiger partial charge in [-0.25, -0.2) is 13.8 Å². The normalized spacial score (nSPS) is 14.8. The van der Waals surface area contributed by atoms with Gasteiger partial charge in [-0.1, -0.05) is 12.6 Å². The summed E-state index contributed by atoms with van der Waals surface area (Å²) in [5.74, 6) is -2.56. The third-order valence-electron chi connectivity index (χ3n) is 7.67. The number of nitrogens with zero attached hydrogens (tertiary/aromatic N) is 4. The van der Waals surface area contributed by atoms with Crippen molar-refractivity contribution in [1.29, 1.82) is 0 Å². The first kappa shape index (κ1) is 29.4. The Bertz CT molecular complexity index is 1920. The number of halogens is 2. The van der Waals surface area contributed by atoms with E-state index in [-0.39, 0.29) is 47.7 Å². The summed E-state index contributed by atoms with van der Waals surface area (Å²) in [6, 6.07) is 9.13. The number of fused-ring (bicyclic) bond motifs is 2. The Labute approximate surface area is 255 Å². The summed E-state index contributed by atoms with van der Waals surface area (Å²) in [6.07, 6.45) is 3.52. The third kappa shape index (κ3) is 5.42. The molecule has 0 saturated carbocycles. The molecule has 0 radical (unpaired) electrons. The average molecular weight is 618 g/mol. The molecule has 4 heterocycles. The average Bonchev–Trinajstić information content (AvgIpc) is 3.77. The Hall–Kier alpha value is -4.68. The van der Waals surface area contributed by atoms with Crippen molar-refractivity contribution >= 4 is 44.1 Å². The van der Waals surface area contributed by atoms with Crippen LogP contribution in [-0.2, 0) is 16.6 Å². The number of carbonyl (C=O) groups is 2. The molecule has 0 aliphatic carbocycles. The van der Waals surface area contributed by atoms with Gasteiger partial charge in [0, 0.05) is 72.0 Å². The highest BCUT2D eigenvalue weighted by Crippen LogP contribution is 2.44. The minimum absolute atomic E-state index is 0.0351. The second-order valence-corrected chi connectivity index (χ2v) is 11.4. The number of hydrogen-bond donors (Lipinski definition) is 1. The summed E-state index contributed by atoms with van der Waals surface area (Å²) in [7, 11) is 3.34. The maximum Gasteiger partial charge on any atom is 0.270 e. The molecule has 3 aromatic heterocycles. The van der Waals surface area contributed by atoms with Crippen LogP contribution < -0.4 is 10.1 Å². The lowest BCUT2D eigenvalue weighted by atomic mass is 9.97. The van der Waals surface area contributed by atoms with Crippen LogP contribution in [0.5, 0.6) is 5.75 Å². The Balaban J connectivity index is 1.53.